The molecule has 1 aromatic carbocycles. The predicted molar refractivity (Wildman–Crippen MR) is 83.2 cm³/mol. The van der Waals surface area contributed by atoms with Gasteiger partial charge < -0.3 is 19.3 Å². The van der Waals surface area contributed by atoms with Gasteiger partial charge >= 0.3 is 0 Å². The summed E-state index contributed by atoms with van der Waals surface area (Å²) in [5, 5.41) is 14.0. The third kappa shape index (κ3) is 3.73. The minimum atomic E-state index is -0.704. The Morgan fingerprint density at radius 3 is 2.71 bits per heavy atom. The van der Waals surface area contributed by atoms with Crippen LogP contribution in [0.4, 0.5) is 4.39 Å². The molecule has 0 spiro atoms. The molecule has 0 saturated carbocycles. The van der Waals surface area contributed by atoms with Gasteiger partial charge in [0.25, 0.3) is 5.91 Å². The average molecular weight is 334 g/mol. The lowest BCUT2D eigenvalue weighted by Crippen LogP contribution is -2.32. The van der Waals surface area contributed by atoms with Crippen LogP contribution in [0.1, 0.15) is 29.1 Å². The number of halogens is 1. The Morgan fingerprint density at radius 2 is 2.04 bits per heavy atom. The highest BCUT2D eigenvalue weighted by atomic mass is 19.1. The molecule has 7 heteroatoms. The summed E-state index contributed by atoms with van der Waals surface area (Å²) in [6.07, 6.45) is -0.295. The Bertz CT molecular complexity index is 701. The zero-order chi connectivity index (χ0) is 17.1. The molecule has 1 N–H and O–H groups in total. The molecule has 0 radical (unpaired) electrons. The van der Waals surface area contributed by atoms with Crippen LogP contribution in [-0.4, -0.2) is 46.4 Å². The fourth-order valence-corrected chi connectivity index (χ4v) is 2.71. The van der Waals surface area contributed by atoms with Crippen LogP contribution in [0.3, 0.4) is 0 Å². The van der Waals surface area contributed by atoms with E-state index in [0.29, 0.717) is 37.4 Å². The number of amides is 1. The zero-order valence-electron chi connectivity index (χ0n) is 13.3. The monoisotopic (exact) mass is 334 g/mol. The van der Waals surface area contributed by atoms with Gasteiger partial charge in [0.05, 0.1) is 11.8 Å². The predicted octanol–water partition coefficient (Wildman–Crippen LogP) is 2.17. The van der Waals surface area contributed by atoms with Gasteiger partial charge in [-0.15, -0.1) is 0 Å². The number of hydrogen-bond acceptors (Lipinski definition) is 5. The second-order valence-corrected chi connectivity index (χ2v) is 5.88. The topological polar surface area (TPSA) is 75.8 Å². The summed E-state index contributed by atoms with van der Waals surface area (Å²) in [4.78, 5) is 14.0. The molecule has 2 aromatic rings. The standard InChI is InChI=1S/C17H19FN2O4/c1-11-10-16(24-19-11)17(22)20-8-6-14(21)15(7-9-20)23-13-4-2-12(18)3-5-13/h2-5,10,14-15,21H,6-9H2,1H3/t14-,15-/m0/s1. The first kappa shape index (κ1) is 16.4. The van der Waals surface area contributed by atoms with Crippen LogP contribution in [-0.2, 0) is 0 Å². The van der Waals surface area contributed by atoms with Crippen molar-refractivity contribution in [3.05, 3.63) is 47.6 Å². The Balaban J connectivity index is 1.64. The normalized spacial score (nSPS) is 21.4. The van der Waals surface area contributed by atoms with Gasteiger partial charge in [-0.25, -0.2) is 4.39 Å². The first-order valence-corrected chi connectivity index (χ1v) is 7.86. The number of nitrogens with zero attached hydrogens (tertiary/aromatic N) is 2. The molecule has 6 nitrogen and oxygen atoms in total. The van der Waals surface area contributed by atoms with Gasteiger partial charge in [-0.3, -0.25) is 4.79 Å². The molecule has 1 aliphatic rings. The summed E-state index contributed by atoms with van der Waals surface area (Å²) >= 11 is 0. The van der Waals surface area contributed by atoms with Crippen LogP contribution in [0, 0.1) is 12.7 Å². The number of carbonyl (C=O) groups excluding carboxylic acids is 1. The maximum Gasteiger partial charge on any atom is 0.292 e. The molecular weight excluding hydrogens is 315 g/mol. The molecule has 2 heterocycles. The van der Waals surface area contributed by atoms with Crippen LogP contribution < -0.4 is 4.74 Å². The SMILES string of the molecule is Cc1cc(C(=O)N2CC[C@H](Oc3ccc(F)cc3)[C@@H](O)CC2)on1. The largest absolute Gasteiger partial charge is 0.488 e. The number of aliphatic hydroxyl groups is 1. The van der Waals surface area contributed by atoms with E-state index in [9.17, 15) is 14.3 Å². The summed E-state index contributed by atoms with van der Waals surface area (Å²) in [5.74, 6) is 0.0964. The molecule has 1 amide bonds. The van der Waals surface area contributed by atoms with Gasteiger partial charge in [0.1, 0.15) is 17.7 Å². The van der Waals surface area contributed by atoms with Gasteiger partial charge in [0.15, 0.2) is 0 Å². The summed E-state index contributed by atoms with van der Waals surface area (Å²) in [7, 11) is 0. The number of aryl methyl sites for hydroxylation is 1. The van der Waals surface area contributed by atoms with Crippen LogP contribution in [0.2, 0.25) is 0 Å². The van der Waals surface area contributed by atoms with E-state index in [1.165, 1.54) is 24.3 Å². The van der Waals surface area contributed by atoms with Crippen LogP contribution in [0.25, 0.3) is 0 Å². The summed E-state index contributed by atoms with van der Waals surface area (Å²) in [5.41, 5.74) is 0.644. The first-order valence-electron chi connectivity index (χ1n) is 7.86. The minimum absolute atomic E-state index is 0.194. The van der Waals surface area contributed by atoms with Crippen molar-refractivity contribution >= 4 is 5.91 Å². The highest BCUT2D eigenvalue weighted by molar-refractivity contribution is 5.91. The van der Waals surface area contributed by atoms with Crippen LogP contribution in [0.15, 0.2) is 34.9 Å². The molecule has 0 unspecified atom stereocenters. The van der Waals surface area contributed by atoms with Crippen molar-refractivity contribution in [1.29, 1.82) is 0 Å². The average Bonchev–Trinajstić information content (AvgIpc) is 2.92. The number of aliphatic hydroxyl groups excluding tert-OH is 1. The van der Waals surface area contributed by atoms with Gasteiger partial charge in [-0.05, 0) is 37.6 Å². The van der Waals surface area contributed by atoms with E-state index in [1.807, 2.05) is 0 Å². The fraction of sp³-hybridized carbons (Fsp3) is 0.412. The number of likely N-dealkylation sites (tertiary alicyclic amines) is 1. The van der Waals surface area contributed by atoms with Crippen LogP contribution in [0.5, 0.6) is 5.75 Å². The Morgan fingerprint density at radius 1 is 1.33 bits per heavy atom. The van der Waals surface area contributed by atoms with Gasteiger partial charge in [-0.2, -0.15) is 0 Å². The number of benzene rings is 1. The van der Waals surface area contributed by atoms with Crippen LogP contribution >= 0.6 is 0 Å². The molecule has 3 rings (SSSR count). The molecule has 24 heavy (non-hydrogen) atoms. The smallest absolute Gasteiger partial charge is 0.292 e. The quantitative estimate of drug-likeness (QED) is 0.931. The highest BCUT2D eigenvalue weighted by Crippen LogP contribution is 2.21. The molecule has 128 valence electrons. The van der Waals surface area contributed by atoms with Crippen molar-refractivity contribution in [2.24, 2.45) is 0 Å². The van der Waals surface area contributed by atoms with Crippen molar-refractivity contribution in [2.75, 3.05) is 13.1 Å². The van der Waals surface area contributed by atoms with E-state index < -0.39 is 12.2 Å². The first-order chi connectivity index (χ1) is 11.5. The molecule has 2 atom stereocenters. The maximum atomic E-state index is 12.9. The van der Waals surface area contributed by atoms with E-state index in [1.54, 1.807) is 17.9 Å². The number of rotatable bonds is 3. The molecule has 0 aliphatic carbocycles. The second kappa shape index (κ2) is 7.00. The van der Waals surface area contributed by atoms with Crippen molar-refractivity contribution in [3.63, 3.8) is 0 Å². The number of hydrogen-bond donors (Lipinski definition) is 1. The molecule has 1 aromatic heterocycles. The Kier molecular flexibility index (Phi) is 4.80. The molecule has 1 saturated heterocycles. The zero-order valence-corrected chi connectivity index (χ0v) is 13.3. The lowest BCUT2D eigenvalue weighted by Gasteiger charge is -2.21. The molecule has 1 aliphatic heterocycles. The Hall–Kier alpha value is -2.41. The summed E-state index contributed by atoms with van der Waals surface area (Å²) in [6, 6.07) is 7.25. The lowest BCUT2D eigenvalue weighted by molar-refractivity contribution is 0.0349. The summed E-state index contributed by atoms with van der Waals surface area (Å²) in [6.45, 7) is 2.59. The van der Waals surface area contributed by atoms with E-state index in [-0.39, 0.29) is 17.5 Å². The van der Waals surface area contributed by atoms with Crippen molar-refractivity contribution in [2.45, 2.75) is 32.0 Å². The van der Waals surface area contributed by atoms with Crippen molar-refractivity contribution in [1.82, 2.24) is 10.1 Å². The maximum absolute atomic E-state index is 12.9. The number of carbonyl (C=O) groups is 1. The summed E-state index contributed by atoms with van der Waals surface area (Å²) < 4.78 is 23.7. The molecular formula is C17H19FN2O4. The van der Waals surface area contributed by atoms with Gasteiger partial charge in [0, 0.05) is 25.6 Å². The third-order valence-corrected chi connectivity index (χ3v) is 4.03. The third-order valence-electron chi connectivity index (χ3n) is 4.03. The highest BCUT2D eigenvalue weighted by Gasteiger charge is 2.30. The van der Waals surface area contributed by atoms with E-state index in [0.717, 1.165) is 0 Å². The second-order valence-electron chi connectivity index (χ2n) is 5.88. The van der Waals surface area contributed by atoms with E-state index >= 15 is 0 Å². The minimum Gasteiger partial charge on any atom is -0.488 e. The molecule has 0 bridgehead atoms. The van der Waals surface area contributed by atoms with E-state index in [2.05, 4.69) is 5.16 Å². The number of ether oxygens (including phenoxy) is 1. The van der Waals surface area contributed by atoms with Crippen molar-refractivity contribution < 1.29 is 23.6 Å². The lowest BCUT2D eigenvalue weighted by atomic mass is 10.1. The Labute approximate surface area is 138 Å². The number of aromatic nitrogens is 1. The van der Waals surface area contributed by atoms with E-state index in [4.69, 9.17) is 9.26 Å². The van der Waals surface area contributed by atoms with Crippen molar-refractivity contribution in [3.8, 4) is 5.75 Å². The van der Waals surface area contributed by atoms with Gasteiger partial charge in [-0.1, -0.05) is 5.16 Å². The fourth-order valence-electron chi connectivity index (χ4n) is 2.71. The molecule has 1 fully saturated rings. The van der Waals surface area contributed by atoms with Gasteiger partial charge in [0.2, 0.25) is 5.76 Å².